The Balaban J connectivity index is 3.85. The van der Waals surface area contributed by atoms with Gasteiger partial charge < -0.3 is 10.6 Å². The standard InChI is InChI=1S/C16H34N4/c1-7-8-9-11-18-16(17-6)19-12-10-13-20(14(2)3)15(4)5/h7-8,14-15H,9-13H2,1-6H3,(H2,17,18,19)/b8-7+. The number of hydrogen-bond acceptors (Lipinski definition) is 2. The second-order valence-electron chi connectivity index (χ2n) is 5.56. The Labute approximate surface area is 125 Å². The molecular formula is C16H34N4. The maximum Gasteiger partial charge on any atom is 0.190 e. The van der Waals surface area contributed by atoms with Crippen LogP contribution in [0.1, 0.15) is 47.5 Å². The summed E-state index contributed by atoms with van der Waals surface area (Å²) in [5, 5.41) is 6.68. The molecule has 0 aliphatic rings. The van der Waals surface area contributed by atoms with Gasteiger partial charge in [0.15, 0.2) is 5.96 Å². The van der Waals surface area contributed by atoms with E-state index in [2.05, 4.69) is 60.4 Å². The fourth-order valence-corrected chi connectivity index (χ4v) is 2.24. The number of nitrogens with zero attached hydrogens (tertiary/aromatic N) is 2. The van der Waals surface area contributed by atoms with Gasteiger partial charge in [-0.3, -0.25) is 9.89 Å². The predicted octanol–water partition coefficient (Wildman–Crippen LogP) is 2.63. The maximum atomic E-state index is 4.23. The van der Waals surface area contributed by atoms with Crippen LogP contribution in [0.4, 0.5) is 0 Å². The van der Waals surface area contributed by atoms with Crippen LogP contribution in [0.5, 0.6) is 0 Å². The van der Waals surface area contributed by atoms with E-state index >= 15 is 0 Å². The molecule has 0 aromatic carbocycles. The van der Waals surface area contributed by atoms with Gasteiger partial charge in [0.05, 0.1) is 0 Å². The highest BCUT2D eigenvalue weighted by molar-refractivity contribution is 5.79. The first kappa shape index (κ1) is 19.0. The van der Waals surface area contributed by atoms with Crippen molar-refractivity contribution in [3.63, 3.8) is 0 Å². The molecule has 0 saturated carbocycles. The minimum atomic E-state index is 0.605. The smallest absolute Gasteiger partial charge is 0.190 e. The van der Waals surface area contributed by atoms with Gasteiger partial charge in [0.2, 0.25) is 0 Å². The van der Waals surface area contributed by atoms with Crippen molar-refractivity contribution in [1.82, 2.24) is 15.5 Å². The molecule has 0 aliphatic carbocycles. The molecule has 0 unspecified atom stereocenters. The van der Waals surface area contributed by atoms with Gasteiger partial charge in [0.25, 0.3) is 0 Å². The second-order valence-corrected chi connectivity index (χ2v) is 5.56. The molecule has 0 heterocycles. The van der Waals surface area contributed by atoms with Gasteiger partial charge in [-0.2, -0.15) is 0 Å². The van der Waals surface area contributed by atoms with Crippen LogP contribution >= 0.6 is 0 Å². The fraction of sp³-hybridized carbons (Fsp3) is 0.812. The SMILES string of the molecule is C/C=C/CCNC(=NC)NCCCN(C(C)C)C(C)C. The van der Waals surface area contributed by atoms with Gasteiger partial charge in [-0.25, -0.2) is 0 Å². The maximum absolute atomic E-state index is 4.23. The zero-order valence-electron chi connectivity index (χ0n) is 14.2. The lowest BCUT2D eigenvalue weighted by molar-refractivity contribution is 0.173. The van der Waals surface area contributed by atoms with Crippen molar-refractivity contribution >= 4 is 5.96 Å². The van der Waals surface area contributed by atoms with E-state index in [9.17, 15) is 0 Å². The molecule has 0 bridgehead atoms. The monoisotopic (exact) mass is 282 g/mol. The summed E-state index contributed by atoms with van der Waals surface area (Å²) in [6.45, 7) is 14.1. The summed E-state index contributed by atoms with van der Waals surface area (Å²) in [7, 11) is 1.82. The summed E-state index contributed by atoms with van der Waals surface area (Å²) in [5.74, 6) is 0.898. The molecule has 20 heavy (non-hydrogen) atoms. The van der Waals surface area contributed by atoms with Crippen molar-refractivity contribution in [2.24, 2.45) is 4.99 Å². The van der Waals surface area contributed by atoms with Crippen LogP contribution in [-0.4, -0.2) is 49.6 Å². The Hall–Kier alpha value is -1.03. The van der Waals surface area contributed by atoms with Crippen molar-refractivity contribution in [1.29, 1.82) is 0 Å². The Morgan fingerprint density at radius 1 is 1.10 bits per heavy atom. The highest BCUT2D eigenvalue weighted by Crippen LogP contribution is 2.05. The minimum absolute atomic E-state index is 0.605. The summed E-state index contributed by atoms with van der Waals surface area (Å²) >= 11 is 0. The van der Waals surface area contributed by atoms with Crippen LogP contribution in [0.25, 0.3) is 0 Å². The molecule has 0 fully saturated rings. The zero-order chi connectivity index (χ0) is 15.4. The average molecular weight is 282 g/mol. The van der Waals surface area contributed by atoms with Gasteiger partial charge in [0.1, 0.15) is 0 Å². The summed E-state index contributed by atoms with van der Waals surface area (Å²) in [5.41, 5.74) is 0. The number of hydrogen-bond donors (Lipinski definition) is 2. The van der Waals surface area contributed by atoms with Crippen LogP contribution in [0, 0.1) is 0 Å². The quantitative estimate of drug-likeness (QED) is 0.295. The molecule has 0 aliphatic heterocycles. The summed E-state index contributed by atoms with van der Waals surface area (Å²) in [4.78, 5) is 6.75. The fourth-order valence-electron chi connectivity index (χ4n) is 2.24. The van der Waals surface area contributed by atoms with Crippen molar-refractivity contribution in [3.8, 4) is 0 Å². The van der Waals surface area contributed by atoms with E-state index in [1.165, 1.54) is 0 Å². The van der Waals surface area contributed by atoms with Gasteiger partial charge in [-0.05, 0) is 47.5 Å². The molecule has 4 nitrogen and oxygen atoms in total. The van der Waals surface area contributed by atoms with Gasteiger partial charge in [-0.15, -0.1) is 0 Å². The molecule has 0 saturated heterocycles. The van der Waals surface area contributed by atoms with Crippen LogP contribution in [0.3, 0.4) is 0 Å². The lowest BCUT2D eigenvalue weighted by Crippen LogP contribution is -2.41. The normalized spacial score (nSPS) is 12.9. The van der Waals surface area contributed by atoms with E-state index < -0.39 is 0 Å². The van der Waals surface area contributed by atoms with E-state index in [0.29, 0.717) is 12.1 Å². The Bertz CT molecular complexity index is 274. The highest BCUT2D eigenvalue weighted by atomic mass is 15.2. The van der Waals surface area contributed by atoms with Gasteiger partial charge in [0, 0.05) is 38.8 Å². The first-order chi connectivity index (χ1) is 9.52. The number of aliphatic imine (C=N–C) groups is 1. The van der Waals surface area contributed by atoms with E-state index in [1.807, 2.05) is 14.0 Å². The Morgan fingerprint density at radius 2 is 1.70 bits per heavy atom. The third kappa shape index (κ3) is 8.97. The molecule has 0 aromatic rings. The zero-order valence-corrected chi connectivity index (χ0v) is 14.2. The van der Waals surface area contributed by atoms with Crippen molar-refractivity contribution in [2.45, 2.75) is 59.5 Å². The average Bonchev–Trinajstić information content (AvgIpc) is 2.39. The third-order valence-corrected chi connectivity index (χ3v) is 3.27. The molecule has 0 amide bonds. The summed E-state index contributed by atoms with van der Waals surface area (Å²) in [6, 6.07) is 1.21. The Kier molecular flexibility index (Phi) is 11.2. The third-order valence-electron chi connectivity index (χ3n) is 3.27. The molecule has 2 N–H and O–H groups in total. The summed E-state index contributed by atoms with van der Waals surface area (Å²) < 4.78 is 0. The van der Waals surface area contributed by atoms with Crippen LogP contribution < -0.4 is 10.6 Å². The highest BCUT2D eigenvalue weighted by Gasteiger charge is 2.12. The molecule has 0 radical (unpaired) electrons. The van der Waals surface area contributed by atoms with Crippen LogP contribution in [-0.2, 0) is 0 Å². The predicted molar refractivity (Wildman–Crippen MR) is 90.4 cm³/mol. The van der Waals surface area contributed by atoms with E-state index in [4.69, 9.17) is 0 Å². The van der Waals surface area contributed by atoms with E-state index in [-0.39, 0.29) is 0 Å². The molecule has 0 spiro atoms. The van der Waals surface area contributed by atoms with Gasteiger partial charge >= 0.3 is 0 Å². The lowest BCUT2D eigenvalue weighted by Gasteiger charge is -2.30. The first-order valence-electron chi connectivity index (χ1n) is 7.84. The molecule has 0 atom stereocenters. The van der Waals surface area contributed by atoms with E-state index in [0.717, 1.165) is 38.4 Å². The number of nitrogens with one attached hydrogen (secondary N) is 2. The topological polar surface area (TPSA) is 39.7 Å². The molecule has 0 aromatic heterocycles. The van der Waals surface area contributed by atoms with Crippen LogP contribution in [0.2, 0.25) is 0 Å². The second kappa shape index (κ2) is 11.8. The van der Waals surface area contributed by atoms with Crippen molar-refractivity contribution in [3.05, 3.63) is 12.2 Å². The van der Waals surface area contributed by atoms with Crippen molar-refractivity contribution < 1.29 is 0 Å². The molecule has 4 heteroatoms. The lowest BCUT2D eigenvalue weighted by atomic mass is 10.2. The van der Waals surface area contributed by atoms with Crippen molar-refractivity contribution in [2.75, 3.05) is 26.7 Å². The van der Waals surface area contributed by atoms with Gasteiger partial charge in [-0.1, -0.05) is 12.2 Å². The molecule has 0 rings (SSSR count). The first-order valence-corrected chi connectivity index (χ1v) is 7.84. The summed E-state index contributed by atoms with van der Waals surface area (Å²) in [6.07, 6.45) is 6.39. The molecular weight excluding hydrogens is 248 g/mol. The van der Waals surface area contributed by atoms with Crippen LogP contribution in [0.15, 0.2) is 17.1 Å². The number of allylic oxidation sites excluding steroid dienone is 1. The number of rotatable bonds is 9. The Morgan fingerprint density at radius 3 is 2.20 bits per heavy atom. The minimum Gasteiger partial charge on any atom is -0.356 e. The molecule has 118 valence electrons. The number of guanidine groups is 1. The largest absolute Gasteiger partial charge is 0.356 e. The van der Waals surface area contributed by atoms with E-state index in [1.54, 1.807) is 0 Å².